The highest BCUT2D eigenvalue weighted by Crippen LogP contribution is 2.34. The average molecular weight is 304 g/mol. The molecule has 1 N–H and O–H groups in total. The molecule has 1 saturated heterocycles. The molecule has 2 heterocycles. The van der Waals surface area contributed by atoms with Crippen LogP contribution in [0.15, 0.2) is 18.2 Å². The van der Waals surface area contributed by atoms with Crippen LogP contribution in [0.25, 0.3) is 0 Å². The van der Waals surface area contributed by atoms with Gasteiger partial charge in [-0.05, 0) is 56.5 Å². The van der Waals surface area contributed by atoms with Gasteiger partial charge in [-0.3, -0.25) is 9.69 Å². The molecule has 0 saturated carbocycles. The number of carbonyl (C=O) groups excluding carboxylic acids is 1. The first-order valence-electron chi connectivity index (χ1n) is 8.03. The van der Waals surface area contributed by atoms with Gasteiger partial charge in [-0.15, -0.1) is 0 Å². The van der Waals surface area contributed by atoms with E-state index in [1.165, 1.54) is 12.8 Å². The van der Waals surface area contributed by atoms with Gasteiger partial charge in [-0.25, -0.2) is 0 Å². The maximum absolute atomic E-state index is 12.2. The van der Waals surface area contributed by atoms with E-state index in [0.717, 1.165) is 36.1 Å². The van der Waals surface area contributed by atoms with Crippen molar-refractivity contribution in [1.29, 1.82) is 0 Å². The minimum Gasteiger partial charge on any atom is -0.454 e. The SMILES string of the molecule is CC1CCN(CC(=O)N[C@H](C)c2ccc3c(c2)OCO3)CC1. The van der Waals surface area contributed by atoms with E-state index in [0.29, 0.717) is 6.54 Å². The number of ether oxygens (including phenoxy) is 2. The van der Waals surface area contributed by atoms with Gasteiger partial charge in [-0.2, -0.15) is 0 Å². The topological polar surface area (TPSA) is 50.8 Å². The molecule has 2 aliphatic heterocycles. The second kappa shape index (κ2) is 6.57. The van der Waals surface area contributed by atoms with Crippen molar-refractivity contribution in [2.75, 3.05) is 26.4 Å². The number of benzene rings is 1. The van der Waals surface area contributed by atoms with Crippen LogP contribution in [0.1, 0.15) is 38.3 Å². The zero-order valence-corrected chi connectivity index (χ0v) is 13.3. The van der Waals surface area contributed by atoms with Crippen LogP contribution in [0, 0.1) is 5.92 Å². The fraction of sp³-hybridized carbons (Fsp3) is 0.588. The van der Waals surface area contributed by atoms with Gasteiger partial charge in [0, 0.05) is 0 Å². The number of piperidine rings is 1. The largest absolute Gasteiger partial charge is 0.454 e. The van der Waals surface area contributed by atoms with E-state index in [-0.39, 0.29) is 18.7 Å². The summed E-state index contributed by atoms with van der Waals surface area (Å²) in [6.07, 6.45) is 2.37. The van der Waals surface area contributed by atoms with Crippen molar-refractivity contribution >= 4 is 5.91 Å². The molecule has 120 valence electrons. The lowest BCUT2D eigenvalue weighted by Crippen LogP contribution is -2.41. The van der Waals surface area contributed by atoms with Crippen LogP contribution in [0.3, 0.4) is 0 Å². The number of nitrogens with zero attached hydrogens (tertiary/aromatic N) is 1. The summed E-state index contributed by atoms with van der Waals surface area (Å²) in [6.45, 7) is 7.07. The maximum Gasteiger partial charge on any atom is 0.234 e. The zero-order valence-electron chi connectivity index (χ0n) is 13.3. The monoisotopic (exact) mass is 304 g/mol. The van der Waals surface area contributed by atoms with Gasteiger partial charge in [0.2, 0.25) is 12.7 Å². The Morgan fingerprint density at radius 2 is 2.05 bits per heavy atom. The average Bonchev–Trinajstić information content (AvgIpc) is 2.97. The summed E-state index contributed by atoms with van der Waals surface area (Å²) in [5.74, 6) is 2.39. The quantitative estimate of drug-likeness (QED) is 0.927. The number of hydrogen-bond donors (Lipinski definition) is 1. The number of amides is 1. The van der Waals surface area contributed by atoms with E-state index < -0.39 is 0 Å². The minimum atomic E-state index is -0.0364. The highest BCUT2D eigenvalue weighted by Gasteiger charge is 2.20. The molecule has 1 aromatic rings. The fourth-order valence-electron chi connectivity index (χ4n) is 2.98. The Labute approximate surface area is 131 Å². The van der Waals surface area contributed by atoms with Crippen LogP contribution in [0.5, 0.6) is 11.5 Å². The molecule has 2 aliphatic rings. The lowest BCUT2D eigenvalue weighted by Gasteiger charge is -2.30. The van der Waals surface area contributed by atoms with E-state index in [9.17, 15) is 4.79 Å². The molecule has 1 fully saturated rings. The van der Waals surface area contributed by atoms with Crippen molar-refractivity contribution in [2.24, 2.45) is 5.92 Å². The van der Waals surface area contributed by atoms with Crippen molar-refractivity contribution in [3.63, 3.8) is 0 Å². The molecule has 0 radical (unpaired) electrons. The van der Waals surface area contributed by atoms with Crippen LogP contribution in [-0.2, 0) is 4.79 Å². The molecule has 5 heteroatoms. The van der Waals surface area contributed by atoms with E-state index in [2.05, 4.69) is 17.1 Å². The molecule has 0 aliphatic carbocycles. The number of likely N-dealkylation sites (tertiary alicyclic amines) is 1. The Morgan fingerprint density at radius 3 is 2.82 bits per heavy atom. The molecule has 0 unspecified atom stereocenters. The fourth-order valence-corrected chi connectivity index (χ4v) is 2.98. The third-order valence-electron chi connectivity index (χ3n) is 4.52. The van der Waals surface area contributed by atoms with Gasteiger partial charge < -0.3 is 14.8 Å². The Bertz CT molecular complexity index is 539. The second-order valence-electron chi connectivity index (χ2n) is 6.36. The first kappa shape index (κ1) is 15.2. The molecule has 1 amide bonds. The summed E-state index contributed by atoms with van der Waals surface area (Å²) in [5, 5.41) is 3.07. The summed E-state index contributed by atoms with van der Waals surface area (Å²) in [5.41, 5.74) is 1.03. The van der Waals surface area contributed by atoms with Crippen LogP contribution >= 0.6 is 0 Å². The number of carbonyl (C=O) groups is 1. The van der Waals surface area contributed by atoms with Gasteiger partial charge in [0.05, 0.1) is 12.6 Å². The summed E-state index contributed by atoms with van der Waals surface area (Å²) in [6, 6.07) is 5.77. The summed E-state index contributed by atoms with van der Waals surface area (Å²) in [4.78, 5) is 14.4. The normalized spacial score (nSPS) is 19.9. The molecule has 1 atom stereocenters. The van der Waals surface area contributed by atoms with E-state index >= 15 is 0 Å². The van der Waals surface area contributed by atoms with Crippen LogP contribution in [0.4, 0.5) is 0 Å². The van der Waals surface area contributed by atoms with Crippen molar-refractivity contribution in [1.82, 2.24) is 10.2 Å². The van der Waals surface area contributed by atoms with Crippen LogP contribution < -0.4 is 14.8 Å². The Balaban J connectivity index is 1.52. The molecule has 0 spiro atoms. The predicted octanol–water partition coefficient (Wildman–Crippen LogP) is 2.32. The van der Waals surface area contributed by atoms with Crippen LogP contribution in [0.2, 0.25) is 0 Å². The molecular weight excluding hydrogens is 280 g/mol. The van der Waals surface area contributed by atoms with Gasteiger partial charge in [0.25, 0.3) is 0 Å². The highest BCUT2D eigenvalue weighted by molar-refractivity contribution is 5.78. The highest BCUT2D eigenvalue weighted by atomic mass is 16.7. The number of fused-ring (bicyclic) bond motifs is 1. The molecule has 3 rings (SSSR count). The molecule has 0 bridgehead atoms. The van der Waals surface area contributed by atoms with E-state index in [1.807, 2.05) is 25.1 Å². The smallest absolute Gasteiger partial charge is 0.234 e. The maximum atomic E-state index is 12.2. The number of hydrogen-bond acceptors (Lipinski definition) is 4. The first-order valence-corrected chi connectivity index (χ1v) is 8.03. The number of nitrogens with one attached hydrogen (secondary N) is 1. The molecular formula is C17H24N2O3. The van der Waals surface area contributed by atoms with Gasteiger partial charge >= 0.3 is 0 Å². The Kier molecular flexibility index (Phi) is 4.52. The second-order valence-corrected chi connectivity index (χ2v) is 6.36. The van der Waals surface area contributed by atoms with Crippen LogP contribution in [-0.4, -0.2) is 37.2 Å². The molecule has 22 heavy (non-hydrogen) atoms. The molecule has 1 aromatic carbocycles. The Hall–Kier alpha value is -1.75. The summed E-state index contributed by atoms with van der Waals surface area (Å²) in [7, 11) is 0. The van der Waals surface area contributed by atoms with E-state index in [1.54, 1.807) is 0 Å². The van der Waals surface area contributed by atoms with Crippen molar-refractivity contribution in [2.45, 2.75) is 32.7 Å². The molecule has 0 aromatic heterocycles. The zero-order chi connectivity index (χ0) is 15.5. The summed E-state index contributed by atoms with van der Waals surface area (Å²) >= 11 is 0. The minimum absolute atomic E-state index is 0.0364. The van der Waals surface area contributed by atoms with E-state index in [4.69, 9.17) is 9.47 Å². The van der Waals surface area contributed by atoms with Crippen molar-refractivity contribution in [3.8, 4) is 11.5 Å². The first-order chi connectivity index (χ1) is 10.6. The number of rotatable bonds is 4. The van der Waals surface area contributed by atoms with Gasteiger partial charge in [-0.1, -0.05) is 13.0 Å². The predicted molar refractivity (Wildman–Crippen MR) is 84.0 cm³/mol. The Morgan fingerprint density at radius 1 is 1.32 bits per heavy atom. The van der Waals surface area contributed by atoms with Crippen molar-refractivity contribution in [3.05, 3.63) is 23.8 Å². The molecule has 5 nitrogen and oxygen atoms in total. The standard InChI is InChI=1S/C17H24N2O3/c1-12-5-7-19(8-6-12)10-17(20)18-13(2)14-3-4-15-16(9-14)22-11-21-15/h3-4,9,12-13H,5-8,10-11H2,1-2H3,(H,18,20)/t13-/m1/s1. The van der Waals surface area contributed by atoms with Gasteiger partial charge in [0.15, 0.2) is 11.5 Å². The lowest BCUT2D eigenvalue weighted by molar-refractivity contribution is -0.123. The third-order valence-corrected chi connectivity index (χ3v) is 4.52. The summed E-state index contributed by atoms with van der Waals surface area (Å²) < 4.78 is 10.7. The van der Waals surface area contributed by atoms with Crippen molar-refractivity contribution < 1.29 is 14.3 Å². The third kappa shape index (κ3) is 3.53. The lowest BCUT2D eigenvalue weighted by atomic mass is 9.99. The van der Waals surface area contributed by atoms with Gasteiger partial charge in [0.1, 0.15) is 0 Å².